The summed E-state index contributed by atoms with van der Waals surface area (Å²) in [5, 5.41) is 12.0. The number of hydrogen-bond acceptors (Lipinski definition) is 6. The van der Waals surface area contributed by atoms with Crippen LogP contribution in [0.5, 0.6) is 0 Å². The average Bonchev–Trinajstić information content (AvgIpc) is 3.16. The third-order valence-electron chi connectivity index (χ3n) is 4.18. The van der Waals surface area contributed by atoms with Gasteiger partial charge in [-0.05, 0) is 36.4 Å². The summed E-state index contributed by atoms with van der Waals surface area (Å²) >= 11 is 1.67. The molecule has 1 N–H and O–H groups in total. The largest absolute Gasteiger partial charge is 0.391 e. The molecule has 6 heteroatoms. The lowest BCUT2D eigenvalue weighted by Crippen LogP contribution is -2.39. The Balaban J connectivity index is 1.79. The second-order valence-corrected chi connectivity index (χ2v) is 6.84. The number of hydrogen-bond donors (Lipinski definition) is 1. The van der Waals surface area contributed by atoms with Crippen LogP contribution in [0, 0.1) is 0 Å². The smallest absolute Gasteiger partial charge is 0.225 e. The molecule has 1 atom stereocenters. The summed E-state index contributed by atoms with van der Waals surface area (Å²) in [7, 11) is 0. The molecule has 0 radical (unpaired) electrons. The lowest BCUT2D eigenvalue weighted by Gasteiger charge is -2.30. The number of aliphatic hydroxyl groups is 1. The van der Waals surface area contributed by atoms with Crippen LogP contribution in [-0.2, 0) is 0 Å². The highest BCUT2D eigenvalue weighted by Crippen LogP contribution is 2.33. The van der Waals surface area contributed by atoms with Gasteiger partial charge in [0.15, 0.2) is 0 Å². The van der Waals surface area contributed by atoms with E-state index in [1.54, 1.807) is 17.5 Å². The second kappa shape index (κ2) is 6.67. The molecule has 3 aromatic rings. The molecule has 0 aliphatic carbocycles. The molecular formula is C18H18N4OS. The summed E-state index contributed by atoms with van der Waals surface area (Å²) in [5.74, 6) is 0.674. The number of anilines is 1. The Hall–Kier alpha value is -2.31. The van der Waals surface area contributed by atoms with Gasteiger partial charge in [0.25, 0.3) is 0 Å². The highest BCUT2D eigenvalue weighted by molar-refractivity contribution is 7.13. The van der Waals surface area contributed by atoms with Gasteiger partial charge in [0, 0.05) is 47.7 Å². The van der Waals surface area contributed by atoms with Crippen LogP contribution in [0.25, 0.3) is 21.7 Å². The van der Waals surface area contributed by atoms with E-state index in [2.05, 4.69) is 26.3 Å². The van der Waals surface area contributed by atoms with Gasteiger partial charge >= 0.3 is 0 Å². The molecule has 4 heterocycles. The molecule has 1 aliphatic rings. The quantitative estimate of drug-likeness (QED) is 0.794. The summed E-state index contributed by atoms with van der Waals surface area (Å²) in [4.78, 5) is 16.8. The first-order chi connectivity index (χ1) is 11.8. The van der Waals surface area contributed by atoms with Gasteiger partial charge in [0.05, 0.1) is 11.8 Å². The first kappa shape index (κ1) is 15.2. The van der Waals surface area contributed by atoms with Crippen molar-refractivity contribution in [3.63, 3.8) is 0 Å². The summed E-state index contributed by atoms with van der Waals surface area (Å²) in [6.07, 6.45) is 6.98. The fraction of sp³-hybridized carbons (Fsp3) is 0.278. The van der Waals surface area contributed by atoms with Gasteiger partial charge in [-0.25, -0.2) is 9.97 Å². The van der Waals surface area contributed by atoms with Crippen molar-refractivity contribution in [3.8, 4) is 21.7 Å². The van der Waals surface area contributed by atoms with Crippen molar-refractivity contribution in [2.75, 3.05) is 18.0 Å². The zero-order valence-electron chi connectivity index (χ0n) is 13.2. The van der Waals surface area contributed by atoms with Crippen molar-refractivity contribution >= 4 is 17.3 Å². The Kier molecular flexibility index (Phi) is 4.23. The maximum atomic E-state index is 9.93. The summed E-state index contributed by atoms with van der Waals surface area (Å²) in [6.45, 7) is 1.46. The number of aromatic nitrogens is 3. The first-order valence-corrected chi connectivity index (χ1v) is 8.93. The molecule has 5 nitrogen and oxygen atoms in total. The molecule has 1 saturated heterocycles. The number of pyridine rings is 1. The molecule has 1 fully saturated rings. The normalized spacial score (nSPS) is 17.9. The molecule has 1 aliphatic heterocycles. The Morgan fingerprint density at radius 1 is 1.21 bits per heavy atom. The molecular weight excluding hydrogens is 320 g/mol. The molecule has 0 aromatic carbocycles. The SMILES string of the molecule is OC1CCCN(c2ncc(-c3cccs3)c(-c3cccnc3)n2)C1. The van der Waals surface area contributed by atoms with E-state index in [4.69, 9.17) is 4.98 Å². The van der Waals surface area contributed by atoms with Crippen molar-refractivity contribution < 1.29 is 5.11 Å². The van der Waals surface area contributed by atoms with Crippen LogP contribution in [0.2, 0.25) is 0 Å². The molecule has 0 bridgehead atoms. The lowest BCUT2D eigenvalue weighted by molar-refractivity contribution is 0.153. The van der Waals surface area contributed by atoms with Crippen LogP contribution in [0.4, 0.5) is 5.95 Å². The Bertz CT molecular complexity index is 807. The van der Waals surface area contributed by atoms with Gasteiger partial charge in [-0.15, -0.1) is 11.3 Å². The van der Waals surface area contributed by atoms with E-state index >= 15 is 0 Å². The van der Waals surface area contributed by atoms with Crippen molar-refractivity contribution in [1.82, 2.24) is 15.0 Å². The van der Waals surface area contributed by atoms with E-state index in [0.717, 1.165) is 41.1 Å². The summed E-state index contributed by atoms with van der Waals surface area (Å²) in [6, 6.07) is 8.04. The zero-order valence-corrected chi connectivity index (χ0v) is 14.0. The Morgan fingerprint density at radius 2 is 2.17 bits per heavy atom. The maximum absolute atomic E-state index is 9.93. The van der Waals surface area contributed by atoms with Gasteiger partial charge in [-0.1, -0.05) is 6.07 Å². The van der Waals surface area contributed by atoms with Crippen LogP contribution < -0.4 is 4.90 Å². The first-order valence-electron chi connectivity index (χ1n) is 8.05. The summed E-state index contributed by atoms with van der Waals surface area (Å²) in [5.41, 5.74) is 2.87. The fourth-order valence-electron chi connectivity index (χ4n) is 3.00. The van der Waals surface area contributed by atoms with Crippen LogP contribution in [0.1, 0.15) is 12.8 Å². The van der Waals surface area contributed by atoms with Gasteiger partial charge in [0.1, 0.15) is 0 Å². The highest BCUT2D eigenvalue weighted by atomic mass is 32.1. The number of thiophene rings is 1. The van der Waals surface area contributed by atoms with E-state index in [0.29, 0.717) is 12.5 Å². The van der Waals surface area contributed by atoms with Gasteiger partial charge in [-0.3, -0.25) is 4.98 Å². The minimum absolute atomic E-state index is 0.304. The van der Waals surface area contributed by atoms with Crippen molar-refractivity contribution in [3.05, 3.63) is 48.2 Å². The molecule has 24 heavy (non-hydrogen) atoms. The number of piperidine rings is 1. The molecule has 0 amide bonds. The van der Waals surface area contributed by atoms with Crippen molar-refractivity contribution in [1.29, 1.82) is 0 Å². The predicted molar refractivity (Wildman–Crippen MR) is 96.0 cm³/mol. The average molecular weight is 338 g/mol. The molecule has 122 valence electrons. The van der Waals surface area contributed by atoms with Crippen LogP contribution in [0.3, 0.4) is 0 Å². The molecule has 1 unspecified atom stereocenters. The van der Waals surface area contributed by atoms with E-state index in [-0.39, 0.29) is 6.10 Å². The fourth-order valence-corrected chi connectivity index (χ4v) is 3.73. The molecule has 0 saturated carbocycles. The molecule has 4 rings (SSSR count). The van der Waals surface area contributed by atoms with E-state index in [9.17, 15) is 5.11 Å². The third kappa shape index (κ3) is 3.02. The number of aliphatic hydroxyl groups excluding tert-OH is 1. The maximum Gasteiger partial charge on any atom is 0.225 e. The van der Waals surface area contributed by atoms with Crippen LogP contribution in [0.15, 0.2) is 48.2 Å². The summed E-state index contributed by atoms with van der Waals surface area (Å²) < 4.78 is 0. The topological polar surface area (TPSA) is 62.1 Å². The third-order valence-corrected chi connectivity index (χ3v) is 5.08. The minimum Gasteiger partial charge on any atom is -0.391 e. The second-order valence-electron chi connectivity index (χ2n) is 5.89. The van der Waals surface area contributed by atoms with Crippen molar-refractivity contribution in [2.45, 2.75) is 18.9 Å². The Labute approximate surface area is 144 Å². The van der Waals surface area contributed by atoms with Gasteiger partial charge in [-0.2, -0.15) is 0 Å². The number of nitrogens with zero attached hydrogens (tertiary/aromatic N) is 4. The monoisotopic (exact) mass is 338 g/mol. The van der Waals surface area contributed by atoms with Gasteiger partial charge < -0.3 is 10.0 Å². The van der Waals surface area contributed by atoms with Gasteiger partial charge in [0.2, 0.25) is 5.95 Å². The number of rotatable bonds is 3. The van der Waals surface area contributed by atoms with E-state index < -0.39 is 0 Å². The van der Waals surface area contributed by atoms with E-state index in [1.165, 1.54) is 0 Å². The van der Waals surface area contributed by atoms with Crippen molar-refractivity contribution in [2.24, 2.45) is 0 Å². The zero-order chi connectivity index (χ0) is 16.4. The predicted octanol–water partition coefficient (Wildman–Crippen LogP) is 3.23. The lowest BCUT2D eigenvalue weighted by atomic mass is 10.1. The highest BCUT2D eigenvalue weighted by Gasteiger charge is 2.21. The Morgan fingerprint density at radius 3 is 2.92 bits per heavy atom. The van der Waals surface area contributed by atoms with E-state index in [1.807, 2.05) is 30.6 Å². The minimum atomic E-state index is -0.304. The molecule has 0 spiro atoms. The number of β-amino-alcohol motifs (C(OH)–C–C–N with tert-alkyl or cyclic N) is 1. The van der Waals surface area contributed by atoms with Crippen LogP contribution in [-0.4, -0.2) is 39.3 Å². The van der Waals surface area contributed by atoms with Crippen LogP contribution >= 0.6 is 11.3 Å². The molecule has 3 aromatic heterocycles. The standard InChI is InChI=1S/C18H18N4OS/c23-14-5-2-8-22(12-14)18-20-11-15(16-6-3-9-24-16)17(21-18)13-4-1-7-19-10-13/h1,3-4,6-7,9-11,14,23H,2,5,8,12H2.